The Kier molecular flexibility index (Phi) is 4.99. The molecule has 0 amide bonds. The Morgan fingerprint density at radius 1 is 1.00 bits per heavy atom. The van der Waals surface area contributed by atoms with E-state index in [4.69, 9.17) is 9.47 Å². The third kappa shape index (κ3) is 4.35. The fourth-order valence-electron chi connectivity index (χ4n) is 2.22. The molecule has 2 aromatic rings. The van der Waals surface area contributed by atoms with Gasteiger partial charge in [-0.15, -0.1) is 0 Å². The predicted octanol–water partition coefficient (Wildman–Crippen LogP) is 4.06. The van der Waals surface area contributed by atoms with Crippen LogP contribution in [-0.2, 0) is 11.3 Å². The number of hydrogen-bond donors (Lipinski definition) is 0. The first-order valence-electron chi connectivity index (χ1n) is 7.05. The van der Waals surface area contributed by atoms with E-state index in [1.54, 1.807) is 31.2 Å². The van der Waals surface area contributed by atoms with E-state index < -0.39 is 0 Å². The lowest BCUT2D eigenvalue weighted by Crippen LogP contribution is -2.04. The molecule has 0 saturated carbocycles. The topological polar surface area (TPSA) is 35.5 Å². The summed E-state index contributed by atoms with van der Waals surface area (Å²) in [6.45, 7) is 6.83. The van der Waals surface area contributed by atoms with E-state index in [9.17, 15) is 4.79 Å². The standard InChI is InChI=1S/C18H20O3/c1-4-20-18(19)16-5-7-17(8-6-16)21-12-15-10-13(2)9-14(3)11-15/h5-11H,4,12H2,1-3H3. The molecule has 0 saturated heterocycles. The van der Waals surface area contributed by atoms with Gasteiger partial charge < -0.3 is 9.47 Å². The summed E-state index contributed by atoms with van der Waals surface area (Å²) in [6.07, 6.45) is 0. The number of rotatable bonds is 5. The molecule has 0 heterocycles. The number of benzene rings is 2. The first kappa shape index (κ1) is 15.1. The summed E-state index contributed by atoms with van der Waals surface area (Å²) in [6, 6.07) is 13.4. The summed E-state index contributed by atoms with van der Waals surface area (Å²) >= 11 is 0. The fraction of sp³-hybridized carbons (Fsp3) is 0.278. The maximum Gasteiger partial charge on any atom is 0.338 e. The molecule has 0 bridgehead atoms. The van der Waals surface area contributed by atoms with Crippen molar-refractivity contribution < 1.29 is 14.3 Å². The van der Waals surface area contributed by atoms with Crippen LogP contribution in [0.2, 0.25) is 0 Å². The minimum absolute atomic E-state index is 0.307. The minimum Gasteiger partial charge on any atom is -0.489 e. The van der Waals surface area contributed by atoms with E-state index >= 15 is 0 Å². The monoisotopic (exact) mass is 284 g/mol. The van der Waals surface area contributed by atoms with Crippen LogP contribution in [0.3, 0.4) is 0 Å². The third-order valence-electron chi connectivity index (χ3n) is 3.05. The molecule has 0 atom stereocenters. The van der Waals surface area contributed by atoms with E-state index in [1.807, 2.05) is 0 Å². The highest BCUT2D eigenvalue weighted by molar-refractivity contribution is 5.89. The van der Waals surface area contributed by atoms with Gasteiger partial charge in [0, 0.05) is 0 Å². The summed E-state index contributed by atoms with van der Waals surface area (Å²) in [5, 5.41) is 0. The van der Waals surface area contributed by atoms with Crippen molar-refractivity contribution in [2.45, 2.75) is 27.4 Å². The number of ether oxygens (including phenoxy) is 2. The Bertz CT molecular complexity index is 595. The molecule has 0 fully saturated rings. The van der Waals surface area contributed by atoms with E-state index in [0.717, 1.165) is 11.3 Å². The number of hydrogen-bond acceptors (Lipinski definition) is 3. The Morgan fingerprint density at radius 3 is 2.19 bits per heavy atom. The van der Waals surface area contributed by atoms with Crippen molar-refractivity contribution in [1.82, 2.24) is 0 Å². The normalized spacial score (nSPS) is 10.2. The van der Waals surface area contributed by atoms with E-state index in [1.165, 1.54) is 11.1 Å². The third-order valence-corrected chi connectivity index (χ3v) is 3.05. The van der Waals surface area contributed by atoms with Crippen LogP contribution in [-0.4, -0.2) is 12.6 Å². The van der Waals surface area contributed by atoms with Crippen molar-refractivity contribution in [2.24, 2.45) is 0 Å². The molecule has 3 heteroatoms. The van der Waals surface area contributed by atoms with Gasteiger partial charge in [0.15, 0.2) is 0 Å². The molecule has 0 aliphatic heterocycles. The quantitative estimate of drug-likeness (QED) is 0.777. The Morgan fingerprint density at radius 2 is 1.62 bits per heavy atom. The summed E-state index contributed by atoms with van der Waals surface area (Å²) in [4.78, 5) is 11.5. The molecule has 0 aliphatic carbocycles. The lowest BCUT2D eigenvalue weighted by molar-refractivity contribution is 0.0526. The maximum atomic E-state index is 11.5. The second-order valence-corrected chi connectivity index (χ2v) is 5.03. The molecular weight excluding hydrogens is 264 g/mol. The molecule has 3 nitrogen and oxygen atoms in total. The fourth-order valence-corrected chi connectivity index (χ4v) is 2.22. The SMILES string of the molecule is CCOC(=O)c1ccc(OCc2cc(C)cc(C)c2)cc1. The van der Waals surface area contributed by atoms with Gasteiger partial charge in [0.25, 0.3) is 0 Å². The molecule has 0 aromatic heterocycles. The molecule has 0 spiro atoms. The molecule has 2 aromatic carbocycles. The van der Waals surface area contributed by atoms with E-state index in [-0.39, 0.29) is 5.97 Å². The van der Waals surface area contributed by atoms with Gasteiger partial charge in [-0.25, -0.2) is 4.79 Å². The van der Waals surface area contributed by atoms with Gasteiger partial charge in [-0.3, -0.25) is 0 Å². The van der Waals surface area contributed by atoms with Gasteiger partial charge in [0.05, 0.1) is 12.2 Å². The van der Waals surface area contributed by atoms with Gasteiger partial charge >= 0.3 is 5.97 Å². The predicted molar refractivity (Wildman–Crippen MR) is 82.6 cm³/mol. The highest BCUT2D eigenvalue weighted by Gasteiger charge is 2.06. The van der Waals surface area contributed by atoms with Crippen molar-refractivity contribution in [3.8, 4) is 5.75 Å². The molecule has 2 rings (SSSR count). The van der Waals surface area contributed by atoms with Crippen LogP contribution in [0.25, 0.3) is 0 Å². The second-order valence-electron chi connectivity index (χ2n) is 5.03. The Labute approximate surface area is 125 Å². The molecule has 0 aliphatic rings. The van der Waals surface area contributed by atoms with Crippen LogP contribution in [0.15, 0.2) is 42.5 Å². The van der Waals surface area contributed by atoms with Crippen molar-refractivity contribution in [2.75, 3.05) is 6.61 Å². The van der Waals surface area contributed by atoms with Gasteiger partial charge in [0.2, 0.25) is 0 Å². The highest BCUT2D eigenvalue weighted by Crippen LogP contribution is 2.16. The van der Waals surface area contributed by atoms with Crippen molar-refractivity contribution in [3.05, 3.63) is 64.7 Å². The van der Waals surface area contributed by atoms with Gasteiger partial charge in [0.1, 0.15) is 12.4 Å². The van der Waals surface area contributed by atoms with Crippen LogP contribution in [0.4, 0.5) is 0 Å². The minimum atomic E-state index is -0.307. The number of esters is 1. The first-order valence-corrected chi connectivity index (χ1v) is 7.05. The van der Waals surface area contributed by atoms with E-state index in [2.05, 4.69) is 32.0 Å². The Balaban J connectivity index is 1.99. The van der Waals surface area contributed by atoms with Gasteiger partial charge in [-0.2, -0.15) is 0 Å². The van der Waals surface area contributed by atoms with Gasteiger partial charge in [-0.1, -0.05) is 29.3 Å². The highest BCUT2D eigenvalue weighted by atomic mass is 16.5. The maximum absolute atomic E-state index is 11.5. The summed E-state index contributed by atoms with van der Waals surface area (Å²) < 4.78 is 10.7. The molecular formula is C18H20O3. The summed E-state index contributed by atoms with van der Waals surface area (Å²) in [5.74, 6) is 0.431. The molecule has 0 unspecified atom stereocenters. The largest absolute Gasteiger partial charge is 0.489 e. The zero-order valence-electron chi connectivity index (χ0n) is 12.7. The molecule has 0 radical (unpaired) electrons. The molecule has 21 heavy (non-hydrogen) atoms. The van der Waals surface area contributed by atoms with E-state index in [0.29, 0.717) is 18.8 Å². The average Bonchev–Trinajstić information content (AvgIpc) is 2.45. The number of carbonyl (C=O) groups is 1. The summed E-state index contributed by atoms with van der Waals surface area (Å²) in [5.41, 5.74) is 4.13. The van der Waals surface area contributed by atoms with Crippen molar-refractivity contribution in [3.63, 3.8) is 0 Å². The zero-order valence-corrected chi connectivity index (χ0v) is 12.7. The summed E-state index contributed by atoms with van der Waals surface area (Å²) in [7, 11) is 0. The van der Waals surface area contributed by atoms with Crippen LogP contribution in [0, 0.1) is 13.8 Å². The second kappa shape index (κ2) is 6.93. The van der Waals surface area contributed by atoms with Crippen LogP contribution in [0.1, 0.15) is 34.0 Å². The number of aryl methyl sites for hydroxylation is 2. The van der Waals surface area contributed by atoms with Crippen molar-refractivity contribution in [1.29, 1.82) is 0 Å². The lowest BCUT2D eigenvalue weighted by atomic mass is 10.1. The smallest absolute Gasteiger partial charge is 0.338 e. The van der Waals surface area contributed by atoms with Crippen LogP contribution in [0.5, 0.6) is 5.75 Å². The van der Waals surface area contributed by atoms with Crippen LogP contribution >= 0.6 is 0 Å². The Hall–Kier alpha value is -2.29. The van der Waals surface area contributed by atoms with Crippen molar-refractivity contribution >= 4 is 5.97 Å². The van der Waals surface area contributed by atoms with Gasteiger partial charge in [-0.05, 0) is 50.6 Å². The number of carbonyl (C=O) groups excluding carboxylic acids is 1. The zero-order chi connectivity index (χ0) is 15.2. The lowest BCUT2D eigenvalue weighted by Gasteiger charge is -2.09. The molecule has 110 valence electrons. The molecule has 0 N–H and O–H groups in total. The average molecular weight is 284 g/mol. The first-order chi connectivity index (χ1) is 10.1. The van der Waals surface area contributed by atoms with Crippen LogP contribution < -0.4 is 4.74 Å².